The molecule has 10 rings (SSSR count). The van der Waals surface area contributed by atoms with E-state index in [2.05, 4.69) is 180 Å². The molecular weight excluding hydrogens is 911 g/mol. The van der Waals surface area contributed by atoms with Crippen molar-refractivity contribution in [2.45, 2.75) is 91.9 Å². The molecule has 2 fully saturated rings. The second-order valence-electron chi connectivity index (χ2n) is 17.9. The van der Waals surface area contributed by atoms with Crippen molar-refractivity contribution in [3.63, 3.8) is 0 Å². The molecule has 2 saturated carbocycles. The number of aryl methyl sites for hydroxylation is 4. The van der Waals surface area contributed by atoms with Crippen LogP contribution in [-0.4, -0.2) is 6.88 Å². The van der Waals surface area contributed by atoms with Crippen LogP contribution in [-0.2, 0) is 36.2 Å². The molecule has 8 aromatic rings. The van der Waals surface area contributed by atoms with Crippen LogP contribution in [0.15, 0.2) is 146 Å². The quantitative estimate of drug-likeness (QED) is 0.105. The minimum absolute atomic E-state index is 0. The second-order valence-corrected chi connectivity index (χ2v) is 17.9. The van der Waals surface area contributed by atoms with Gasteiger partial charge in [0, 0.05) is 0 Å². The van der Waals surface area contributed by atoms with Gasteiger partial charge in [-0.05, 0) is 63.5 Å². The Hall–Kier alpha value is -3.78. The molecule has 64 heavy (non-hydrogen) atoms. The zero-order valence-electron chi connectivity index (χ0n) is 38.9. The molecule has 0 N–H and O–H groups in total. The van der Waals surface area contributed by atoms with Gasteiger partial charge in [-0.15, -0.1) is 69.6 Å². The van der Waals surface area contributed by atoms with Gasteiger partial charge in [-0.2, -0.15) is 12.1 Å². The number of rotatable bonds is 8. The van der Waals surface area contributed by atoms with Gasteiger partial charge in [0.25, 0.3) is 0 Å². The summed E-state index contributed by atoms with van der Waals surface area (Å²) < 4.78 is 0. The molecule has 0 saturated heterocycles. The van der Waals surface area contributed by atoms with Crippen molar-refractivity contribution in [2.75, 3.05) is 0 Å². The van der Waals surface area contributed by atoms with Crippen molar-refractivity contribution in [1.82, 2.24) is 0 Å². The van der Waals surface area contributed by atoms with E-state index in [9.17, 15) is 0 Å². The monoisotopic (exact) mass is 974 g/mol. The summed E-state index contributed by atoms with van der Waals surface area (Å²) >= 11 is 1.36. The van der Waals surface area contributed by atoms with E-state index < -0.39 is 0 Å². The van der Waals surface area contributed by atoms with Gasteiger partial charge in [0.15, 0.2) is 0 Å². The Kier molecular flexibility index (Phi) is 20.4. The van der Waals surface area contributed by atoms with E-state index in [0.29, 0.717) is 0 Å². The van der Waals surface area contributed by atoms with E-state index in [1.54, 1.807) is 0 Å². The van der Waals surface area contributed by atoms with Crippen LogP contribution < -0.4 is 0 Å². The average Bonchev–Trinajstić information content (AvgIpc) is 4.12. The Bertz CT molecular complexity index is 2300. The van der Waals surface area contributed by atoms with Crippen LogP contribution in [0.25, 0.3) is 66.1 Å². The third kappa shape index (κ3) is 12.4. The van der Waals surface area contributed by atoms with Crippen molar-refractivity contribution < 1.29 is 23.3 Å². The third-order valence-electron chi connectivity index (χ3n) is 13.3. The zero-order valence-corrected chi connectivity index (χ0v) is 44.0. The van der Waals surface area contributed by atoms with Gasteiger partial charge in [-0.25, -0.2) is 0 Å². The summed E-state index contributed by atoms with van der Waals surface area (Å²) in [4.78, 5) is 0. The summed E-state index contributed by atoms with van der Waals surface area (Å²) in [6.45, 7) is 11.7. The Morgan fingerprint density at radius 2 is 0.656 bits per heavy atom. The van der Waals surface area contributed by atoms with E-state index in [1.165, 1.54) is 187 Å². The first-order valence-electron chi connectivity index (χ1n) is 22.3. The molecule has 2 radical (unpaired) electrons. The average molecular weight is 977 g/mol. The number of fused-ring (bicyclic) bond motifs is 2. The summed E-state index contributed by atoms with van der Waals surface area (Å²) in [5.41, 5.74) is 18.9. The maximum atomic E-state index is 3.06. The van der Waals surface area contributed by atoms with Gasteiger partial charge in [-0.1, -0.05) is 228 Å². The molecular formula is C60H66Cl2SiZr-4. The Morgan fingerprint density at radius 1 is 0.406 bits per heavy atom. The molecule has 2 aliphatic rings. The number of halogens is 2. The topological polar surface area (TPSA) is 0 Å². The molecule has 0 nitrogen and oxygen atoms in total. The van der Waals surface area contributed by atoms with E-state index >= 15 is 0 Å². The summed E-state index contributed by atoms with van der Waals surface area (Å²) in [6.07, 6.45) is 13.7. The van der Waals surface area contributed by atoms with Crippen molar-refractivity contribution in [1.29, 1.82) is 0 Å². The van der Waals surface area contributed by atoms with Gasteiger partial charge in [0.05, 0.1) is 0 Å². The summed E-state index contributed by atoms with van der Waals surface area (Å²) in [5, 5.41) is 5.61. The second kappa shape index (κ2) is 24.7. The number of hydrogen-bond donors (Lipinski definition) is 0. The van der Waals surface area contributed by atoms with E-state index in [4.69, 9.17) is 0 Å². The number of hydrogen-bond acceptors (Lipinski definition) is 0. The standard InChI is InChI=1S/2C29H29.2CH3.2ClH.Si.Zr/c2*1-20-7-11-24(12-8-20)26-15-16-27(25-13-9-21(2)10-14-25)29-19-23(18-28(26)29)17-22-5-3-4-6-22;;;;;;/h2*7-16,18-19,22H,3-6,17H2,1-2H3;2*1H3;2*1H;;/q4*-1;;;;. The first-order valence-corrected chi connectivity index (χ1v) is 26.5. The van der Waals surface area contributed by atoms with Gasteiger partial charge < -0.3 is 14.9 Å². The molecule has 0 aliphatic heterocycles. The Morgan fingerprint density at radius 3 is 0.938 bits per heavy atom. The van der Waals surface area contributed by atoms with Gasteiger partial charge in [0.2, 0.25) is 0 Å². The SMILES string of the molecule is Cc1ccc(-c2ccc(-c3ccc(C)cc3)c3[cH-]c(CC4CCCC4)cc23)cc1.Cc1ccc(-c2ccc(-c3ccc(C)cc3)c3[cH-]c(CC4CCCC4)cc23)cc1.Cl.Cl.[CH3-].[CH3-].[Si]=[Zr]. The maximum absolute atomic E-state index is 3.06. The molecule has 0 amide bonds. The first-order chi connectivity index (χ1) is 29.3. The van der Waals surface area contributed by atoms with Crippen LogP contribution in [0.4, 0.5) is 0 Å². The fourth-order valence-electron chi connectivity index (χ4n) is 9.99. The molecule has 0 unspecified atom stereocenters. The summed E-state index contributed by atoms with van der Waals surface area (Å²) in [7, 11) is 0. The van der Waals surface area contributed by atoms with Crippen LogP contribution in [0, 0.1) is 54.4 Å². The fourth-order valence-corrected chi connectivity index (χ4v) is 9.99. The van der Waals surface area contributed by atoms with Crippen molar-refractivity contribution in [3.8, 4) is 44.5 Å². The molecule has 0 atom stereocenters. The number of benzene rings is 6. The molecule has 8 aromatic carbocycles. The molecule has 332 valence electrons. The van der Waals surface area contributed by atoms with Gasteiger partial charge in [-0.3, -0.25) is 0 Å². The van der Waals surface area contributed by atoms with Crippen molar-refractivity contribution in [3.05, 3.63) is 194 Å². The Balaban J connectivity index is 0.000000255. The molecule has 2 aliphatic carbocycles. The summed E-state index contributed by atoms with van der Waals surface area (Å²) in [6, 6.07) is 55.0. The van der Waals surface area contributed by atoms with Crippen LogP contribution >= 0.6 is 24.8 Å². The fraction of sp³-hybridized carbons (Fsp3) is 0.267. The van der Waals surface area contributed by atoms with Crippen LogP contribution in [0.1, 0.15) is 84.7 Å². The molecule has 0 aromatic heterocycles. The predicted molar refractivity (Wildman–Crippen MR) is 284 cm³/mol. The third-order valence-corrected chi connectivity index (χ3v) is 13.3. The predicted octanol–water partition coefficient (Wildman–Crippen LogP) is 17.8. The molecule has 0 bridgehead atoms. The molecule has 4 heteroatoms. The first kappa shape index (κ1) is 52.8. The van der Waals surface area contributed by atoms with Gasteiger partial charge >= 0.3 is 30.2 Å². The van der Waals surface area contributed by atoms with Gasteiger partial charge in [0.1, 0.15) is 0 Å². The van der Waals surface area contributed by atoms with Crippen LogP contribution in [0.2, 0.25) is 0 Å². The molecule has 0 spiro atoms. The summed E-state index contributed by atoms with van der Waals surface area (Å²) in [5.74, 6) is 1.75. The minimum atomic E-state index is 0. The normalized spacial score (nSPS) is 13.4. The van der Waals surface area contributed by atoms with Crippen molar-refractivity contribution >= 4 is 53.2 Å². The zero-order chi connectivity index (χ0) is 41.6. The van der Waals surface area contributed by atoms with E-state index in [0.717, 1.165) is 11.8 Å². The van der Waals surface area contributed by atoms with Crippen LogP contribution in [0.5, 0.6) is 0 Å². The van der Waals surface area contributed by atoms with Crippen LogP contribution in [0.3, 0.4) is 0 Å². The van der Waals surface area contributed by atoms with E-state index in [-0.39, 0.29) is 39.7 Å². The van der Waals surface area contributed by atoms with Crippen molar-refractivity contribution in [2.24, 2.45) is 11.8 Å². The van der Waals surface area contributed by atoms with E-state index in [1.807, 2.05) is 0 Å². The Labute approximate surface area is 415 Å². The molecule has 0 heterocycles.